The maximum Gasteiger partial charge on any atom is 0.266 e. The molecular weight excluding hydrogens is 436 g/mol. The number of likely N-dealkylation sites (tertiary alicyclic amines) is 1. The molecule has 2 saturated heterocycles. The van der Waals surface area contributed by atoms with E-state index in [1.165, 1.54) is 0 Å². The summed E-state index contributed by atoms with van der Waals surface area (Å²) < 4.78 is 28.1. The van der Waals surface area contributed by atoms with Crippen molar-refractivity contribution >= 4 is 5.91 Å². The van der Waals surface area contributed by atoms with Crippen LogP contribution in [0.3, 0.4) is 0 Å². The Bertz CT molecular complexity index is 982. The highest BCUT2D eigenvalue weighted by Crippen LogP contribution is 2.42. The van der Waals surface area contributed by atoms with Crippen LogP contribution in [0, 0.1) is 0 Å². The van der Waals surface area contributed by atoms with Gasteiger partial charge in [0.25, 0.3) is 5.91 Å². The Kier molecular flexibility index (Phi) is 7.19. The largest absolute Gasteiger partial charge is 0.497 e. The fourth-order valence-corrected chi connectivity index (χ4v) is 4.67. The summed E-state index contributed by atoms with van der Waals surface area (Å²) in [5, 5.41) is 0. The summed E-state index contributed by atoms with van der Waals surface area (Å²) in [5.74, 6) is 2.55. The standard InChI is InChI=1S/C26H34N2O6/c1-26(2,27-9-11-33-12-10-27)17-28-23(18-13-21(31-4)16-22(14-18)32-5)24(25(28)29)34-20-8-6-7-19(15-20)30-3/h6-8,13-16,23-24H,9-12,17H2,1-5H3. The molecule has 2 aliphatic rings. The zero-order chi connectivity index (χ0) is 24.3. The number of morpholine rings is 1. The molecule has 8 nitrogen and oxygen atoms in total. The Morgan fingerprint density at radius 2 is 1.50 bits per heavy atom. The van der Waals surface area contributed by atoms with Crippen LogP contribution in [0.4, 0.5) is 0 Å². The van der Waals surface area contributed by atoms with Gasteiger partial charge in [-0.25, -0.2) is 0 Å². The first-order valence-electron chi connectivity index (χ1n) is 11.5. The number of benzene rings is 2. The Labute approximate surface area is 201 Å². The Morgan fingerprint density at radius 1 is 0.912 bits per heavy atom. The van der Waals surface area contributed by atoms with Crippen LogP contribution < -0.4 is 18.9 Å². The Hall–Kier alpha value is -2.97. The van der Waals surface area contributed by atoms with Gasteiger partial charge in [-0.1, -0.05) is 6.07 Å². The normalized spacial score (nSPS) is 21.1. The molecule has 2 heterocycles. The fourth-order valence-electron chi connectivity index (χ4n) is 4.67. The second kappa shape index (κ2) is 10.1. The number of carbonyl (C=O) groups is 1. The summed E-state index contributed by atoms with van der Waals surface area (Å²) in [6, 6.07) is 12.7. The molecule has 0 aromatic heterocycles. The van der Waals surface area contributed by atoms with Crippen LogP contribution in [0.2, 0.25) is 0 Å². The minimum Gasteiger partial charge on any atom is -0.497 e. The Morgan fingerprint density at radius 3 is 2.12 bits per heavy atom. The molecule has 0 aliphatic carbocycles. The molecule has 0 saturated carbocycles. The average molecular weight is 471 g/mol. The third-order valence-corrected chi connectivity index (χ3v) is 6.59. The molecule has 2 atom stereocenters. The Balaban J connectivity index is 1.64. The van der Waals surface area contributed by atoms with Gasteiger partial charge in [-0.05, 0) is 43.7 Å². The summed E-state index contributed by atoms with van der Waals surface area (Å²) in [4.78, 5) is 17.7. The van der Waals surface area contributed by atoms with E-state index in [9.17, 15) is 4.79 Å². The van der Waals surface area contributed by atoms with Gasteiger partial charge >= 0.3 is 0 Å². The van der Waals surface area contributed by atoms with Crippen LogP contribution in [0.15, 0.2) is 42.5 Å². The van der Waals surface area contributed by atoms with Gasteiger partial charge in [0.2, 0.25) is 6.10 Å². The first kappa shape index (κ1) is 24.2. The van der Waals surface area contributed by atoms with Crippen LogP contribution in [-0.4, -0.2) is 81.5 Å². The van der Waals surface area contributed by atoms with Crippen LogP contribution in [-0.2, 0) is 9.53 Å². The molecule has 0 bridgehead atoms. The van der Waals surface area contributed by atoms with Crippen molar-refractivity contribution in [1.29, 1.82) is 0 Å². The van der Waals surface area contributed by atoms with E-state index in [4.69, 9.17) is 23.7 Å². The lowest BCUT2D eigenvalue weighted by molar-refractivity contribution is -0.168. The quantitative estimate of drug-likeness (QED) is 0.522. The molecule has 0 spiro atoms. The predicted octanol–water partition coefficient (Wildman–Crippen LogP) is 3.15. The molecule has 4 rings (SSSR count). The van der Waals surface area contributed by atoms with Gasteiger partial charge in [-0.2, -0.15) is 0 Å². The van der Waals surface area contributed by atoms with Gasteiger partial charge in [-0.15, -0.1) is 0 Å². The summed E-state index contributed by atoms with van der Waals surface area (Å²) >= 11 is 0. The molecule has 0 radical (unpaired) electrons. The molecule has 184 valence electrons. The lowest BCUT2D eigenvalue weighted by atomic mass is 9.87. The maximum absolute atomic E-state index is 13.4. The van der Waals surface area contributed by atoms with E-state index in [2.05, 4.69) is 18.7 Å². The lowest BCUT2D eigenvalue weighted by Crippen LogP contribution is -2.66. The minimum atomic E-state index is -0.663. The number of amides is 1. The summed E-state index contributed by atoms with van der Waals surface area (Å²) in [6.07, 6.45) is -0.663. The smallest absolute Gasteiger partial charge is 0.266 e. The number of rotatable bonds is 9. The number of carbonyl (C=O) groups excluding carboxylic acids is 1. The topological polar surface area (TPSA) is 69.7 Å². The van der Waals surface area contributed by atoms with Crippen molar-refractivity contribution in [2.24, 2.45) is 0 Å². The van der Waals surface area contributed by atoms with Gasteiger partial charge in [0, 0.05) is 37.3 Å². The van der Waals surface area contributed by atoms with E-state index in [0.717, 1.165) is 18.7 Å². The third kappa shape index (κ3) is 4.93. The average Bonchev–Trinajstić information content (AvgIpc) is 2.87. The van der Waals surface area contributed by atoms with E-state index < -0.39 is 6.10 Å². The highest BCUT2D eigenvalue weighted by Gasteiger charge is 2.52. The predicted molar refractivity (Wildman–Crippen MR) is 128 cm³/mol. The van der Waals surface area contributed by atoms with E-state index in [1.54, 1.807) is 27.4 Å². The van der Waals surface area contributed by atoms with E-state index in [1.807, 2.05) is 41.3 Å². The number of ether oxygens (including phenoxy) is 5. The zero-order valence-electron chi connectivity index (χ0n) is 20.6. The second-order valence-electron chi connectivity index (χ2n) is 9.19. The van der Waals surface area contributed by atoms with Gasteiger partial charge in [-0.3, -0.25) is 9.69 Å². The molecule has 2 aromatic carbocycles. The number of nitrogens with zero attached hydrogens (tertiary/aromatic N) is 2. The van der Waals surface area contributed by atoms with Crippen LogP contribution >= 0.6 is 0 Å². The first-order valence-corrected chi connectivity index (χ1v) is 11.5. The van der Waals surface area contributed by atoms with Crippen molar-refractivity contribution in [3.63, 3.8) is 0 Å². The van der Waals surface area contributed by atoms with Crippen LogP contribution in [0.1, 0.15) is 25.5 Å². The highest BCUT2D eigenvalue weighted by molar-refractivity contribution is 5.89. The van der Waals surface area contributed by atoms with Gasteiger partial charge in [0.1, 0.15) is 29.0 Å². The van der Waals surface area contributed by atoms with Crippen LogP contribution in [0.25, 0.3) is 0 Å². The molecule has 2 fully saturated rings. The molecule has 2 unspecified atom stereocenters. The SMILES string of the molecule is COc1cccc(OC2C(=O)N(CC(C)(C)N3CCOCC3)C2c2cc(OC)cc(OC)c2)c1. The van der Waals surface area contributed by atoms with E-state index in [0.29, 0.717) is 42.8 Å². The number of hydrogen-bond acceptors (Lipinski definition) is 7. The van der Waals surface area contributed by atoms with Crippen molar-refractivity contribution in [3.8, 4) is 23.0 Å². The summed E-state index contributed by atoms with van der Waals surface area (Å²) in [5.41, 5.74) is 0.683. The maximum atomic E-state index is 13.4. The molecule has 2 aromatic rings. The number of methoxy groups -OCH3 is 3. The van der Waals surface area contributed by atoms with Crippen molar-refractivity contribution in [2.45, 2.75) is 31.5 Å². The summed E-state index contributed by atoms with van der Waals surface area (Å²) in [7, 11) is 4.84. The molecule has 1 amide bonds. The monoisotopic (exact) mass is 470 g/mol. The number of β-lactam (4-membered cyclic amide) rings is 1. The van der Waals surface area contributed by atoms with Gasteiger partial charge in [0.15, 0.2) is 0 Å². The highest BCUT2D eigenvalue weighted by atomic mass is 16.5. The number of hydrogen-bond donors (Lipinski definition) is 0. The minimum absolute atomic E-state index is 0.0454. The van der Waals surface area contributed by atoms with E-state index in [-0.39, 0.29) is 17.5 Å². The van der Waals surface area contributed by atoms with Crippen molar-refractivity contribution < 1.29 is 28.5 Å². The molecule has 8 heteroatoms. The second-order valence-corrected chi connectivity index (χ2v) is 9.19. The van der Waals surface area contributed by atoms with Crippen molar-refractivity contribution in [3.05, 3.63) is 48.0 Å². The first-order chi connectivity index (χ1) is 16.4. The van der Waals surface area contributed by atoms with Crippen molar-refractivity contribution in [1.82, 2.24) is 9.80 Å². The lowest BCUT2D eigenvalue weighted by Gasteiger charge is -2.52. The molecule has 34 heavy (non-hydrogen) atoms. The zero-order valence-corrected chi connectivity index (χ0v) is 20.6. The summed E-state index contributed by atoms with van der Waals surface area (Å²) in [6.45, 7) is 8.00. The fraction of sp³-hybridized carbons (Fsp3) is 0.500. The third-order valence-electron chi connectivity index (χ3n) is 6.59. The van der Waals surface area contributed by atoms with E-state index >= 15 is 0 Å². The van der Waals surface area contributed by atoms with Gasteiger partial charge in [0.05, 0.1) is 34.5 Å². The molecule has 2 aliphatic heterocycles. The molecular formula is C26H34N2O6. The van der Waals surface area contributed by atoms with Gasteiger partial charge < -0.3 is 28.6 Å². The van der Waals surface area contributed by atoms with Crippen LogP contribution in [0.5, 0.6) is 23.0 Å². The van der Waals surface area contributed by atoms with Crippen molar-refractivity contribution in [2.75, 3.05) is 54.2 Å². The molecule has 0 N–H and O–H groups in total.